The van der Waals surface area contributed by atoms with Gasteiger partial charge >= 0.3 is 0 Å². The predicted octanol–water partition coefficient (Wildman–Crippen LogP) is 2.36. The van der Waals surface area contributed by atoms with Crippen LogP contribution in [0.2, 0.25) is 0 Å². The number of rotatable bonds is 4. The van der Waals surface area contributed by atoms with Crippen molar-refractivity contribution < 1.29 is 8.42 Å². The van der Waals surface area contributed by atoms with Crippen molar-refractivity contribution in [3.63, 3.8) is 0 Å². The van der Waals surface area contributed by atoms with Crippen molar-refractivity contribution in [2.24, 2.45) is 0 Å². The molecule has 0 aliphatic rings. The van der Waals surface area contributed by atoms with E-state index in [1.54, 1.807) is 30.1 Å². The number of hydrogen-bond acceptors (Lipinski definition) is 5. The summed E-state index contributed by atoms with van der Waals surface area (Å²) in [5, 5.41) is 0. The Balaban J connectivity index is 2.05. The summed E-state index contributed by atoms with van der Waals surface area (Å²) in [5.41, 5.74) is 6.70. The molecule has 0 saturated heterocycles. The topological polar surface area (TPSA) is 73.0 Å². The molecule has 1 aromatic carbocycles. The van der Waals surface area contributed by atoms with Crippen LogP contribution in [0.4, 0.5) is 5.82 Å². The summed E-state index contributed by atoms with van der Waals surface area (Å²) in [7, 11) is -3.13. The molecule has 2 N–H and O–H groups in total. The van der Waals surface area contributed by atoms with Crippen LogP contribution in [0.3, 0.4) is 0 Å². The van der Waals surface area contributed by atoms with Crippen LogP contribution < -0.4 is 5.73 Å². The van der Waals surface area contributed by atoms with Gasteiger partial charge < -0.3 is 5.73 Å². The lowest BCUT2D eigenvalue weighted by atomic mass is 10.3. The second-order valence-electron chi connectivity index (χ2n) is 4.12. The van der Waals surface area contributed by atoms with E-state index in [-0.39, 0.29) is 0 Å². The van der Waals surface area contributed by atoms with Gasteiger partial charge in [0.15, 0.2) is 9.84 Å². The third kappa shape index (κ3) is 3.97. The molecule has 2 aromatic rings. The van der Waals surface area contributed by atoms with Crippen LogP contribution in [-0.4, -0.2) is 19.7 Å². The van der Waals surface area contributed by atoms with Crippen molar-refractivity contribution in [3.05, 3.63) is 48.2 Å². The maximum atomic E-state index is 11.3. The fourth-order valence-electron chi connectivity index (χ4n) is 1.53. The fourth-order valence-corrected chi connectivity index (χ4v) is 3.01. The Labute approximate surface area is 117 Å². The molecular weight excluding hydrogens is 280 g/mol. The molecule has 1 heterocycles. The third-order valence-corrected chi connectivity index (χ3v) is 4.71. The lowest BCUT2D eigenvalue weighted by Gasteiger charge is -2.04. The first-order valence-electron chi connectivity index (χ1n) is 5.58. The molecular formula is C13H14N2O2S2. The second-order valence-corrected chi connectivity index (χ2v) is 7.19. The van der Waals surface area contributed by atoms with Crippen molar-refractivity contribution in [3.8, 4) is 0 Å². The third-order valence-electron chi connectivity index (χ3n) is 2.50. The van der Waals surface area contributed by atoms with E-state index < -0.39 is 9.84 Å². The monoisotopic (exact) mass is 294 g/mol. The highest BCUT2D eigenvalue weighted by Crippen LogP contribution is 2.24. The molecule has 0 spiro atoms. The van der Waals surface area contributed by atoms with E-state index in [0.717, 1.165) is 16.2 Å². The Morgan fingerprint density at radius 3 is 2.47 bits per heavy atom. The number of pyridine rings is 1. The van der Waals surface area contributed by atoms with Crippen LogP contribution in [0.5, 0.6) is 0 Å². The molecule has 0 atom stereocenters. The average molecular weight is 294 g/mol. The van der Waals surface area contributed by atoms with Crippen molar-refractivity contribution in [2.75, 3.05) is 12.0 Å². The summed E-state index contributed by atoms with van der Waals surface area (Å²) in [6, 6.07) is 10.6. The maximum Gasteiger partial charge on any atom is 0.175 e. The lowest BCUT2D eigenvalue weighted by Crippen LogP contribution is -1.96. The number of aromatic nitrogens is 1. The summed E-state index contributed by atoms with van der Waals surface area (Å²) in [6.07, 6.45) is 2.88. The zero-order valence-electron chi connectivity index (χ0n) is 10.4. The maximum absolute atomic E-state index is 11.3. The molecule has 0 amide bonds. The van der Waals surface area contributed by atoms with Gasteiger partial charge in [-0.15, -0.1) is 11.8 Å². The van der Waals surface area contributed by atoms with Gasteiger partial charge in [-0.25, -0.2) is 13.4 Å². The summed E-state index contributed by atoms with van der Waals surface area (Å²) >= 11 is 1.62. The van der Waals surface area contributed by atoms with Gasteiger partial charge in [0, 0.05) is 23.1 Å². The Kier molecular flexibility index (Phi) is 4.11. The van der Waals surface area contributed by atoms with E-state index in [9.17, 15) is 8.42 Å². The van der Waals surface area contributed by atoms with Crippen LogP contribution in [0.15, 0.2) is 52.4 Å². The van der Waals surface area contributed by atoms with Crippen LogP contribution in [-0.2, 0) is 15.6 Å². The Hall–Kier alpha value is -1.53. The number of anilines is 1. The normalized spacial score (nSPS) is 11.4. The van der Waals surface area contributed by atoms with Crippen molar-refractivity contribution in [2.45, 2.75) is 15.5 Å². The van der Waals surface area contributed by atoms with Gasteiger partial charge in [0.1, 0.15) is 5.82 Å². The molecule has 0 radical (unpaired) electrons. The lowest BCUT2D eigenvalue weighted by molar-refractivity contribution is 0.602. The standard InChI is InChI=1S/C13H14N2O2S2/c1-19(16,17)12-4-2-11(3-5-12)18-9-10-6-7-15-13(14)8-10/h2-8H,9H2,1H3,(H2,14,15). The van der Waals surface area contributed by atoms with E-state index in [1.165, 1.54) is 6.26 Å². The Morgan fingerprint density at radius 1 is 1.21 bits per heavy atom. The minimum Gasteiger partial charge on any atom is -0.384 e. The van der Waals surface area contributed by atoms with Crippen LogP contribution >= 0.6 is 11.8 Å². The molecule has 0 unspecified atom stereocenters. The molecule has 0 aliphatic carbocycles. The molecule has 4 nitrogen and oxygen atoms in total. The van der Waals surface area contributed by atoms with Gasteiger partial charge in [-0.05, 0) is 42.0 Å². The van der Waals surface area contributed by atoms with Gasteiger partial charge in [-0.3, -0.25) is 0 Å². The number of nitrogens with zero attached hydrogens (tertiary/aromatic N) is 1. The van der Waals surface area contributed by atoms with Crippen LogP contribution in [0.25, 0.3) is 0 Å². The van der Waals surface area contributed by atoms with Gasteiger partial charge in [0.2, 0.25) is 0 Å². The molecule has 0 saturated carbocycles. The number of benzene rings is 1. The predicted molar refractivity (Wildman–Crippen MR) is 77.8 cm³/mol. The zero-order valence-corrected chi connectivity index (χ0v) is 12.0. The minimum absolute atomic E-state index is 0.338. The first kappa shape index (κ1) is 13.9. The number of hydrogen-bond donors (Lipinski definition) is 1. The Morgan fingerprint density at radius 2 is 1.89 bits per heavy atom. The number of nitrogens with two attached hydrogens (primary N) is 1. The molecule has 100 valence electrons. The highest BCUT2D eigenvalue weighted by Gasteiger charge is 2.06. The van der Waals surface area contributed by atoms with Crippen LogP contribution in [0, 0.1) is 0 Å². The van der Waals surface area contributed by atoms with E-state index in [4.69, 9.17) is 5.73 Å². The Bertz CT molecular complexity index is 667. The smallest absolute Gasteiger partial charge is 0.175 e. The first-order chi connectivity index (χ1) is 8.95. The number of thioether (sulfide) groups is 1. The van der Waals surface area contributed by atoms with Crippen molar-refractivity contribution >= 4 is 27.4 Å². The minimum atomic E-state index is -3.13. The molecule has 0 bridgehead atoms. The van der Waals surface area contributed by atoms with Gasteiger partial charge in [-0.1, -0.05) is 0 Å². The summed E-state index contributed by atoms with van der Waals surface area (Å²) < 4.78 is 22.7. The van der Waals surface area contributed by atoms with Gasteiger partial charge in [-0.2, -0.15) is 0 Å². The largest absolute Gasteiger partial charge is 0.384 e. The molecule has 1 aromatic heterocycles. The summed E-state index contributed by atoms with van der Waals surface area (Å²) in [6.45, 7) is 0. The van der Waals surface area contributed by atoms with Crippen molar-refractivity contribution in [1.82, 2.24) is 4.98 Å². The van der Waals surface area contributed by atoms with E-state index in [0.29, 0.717) is 10.7 Å². The summed E-state index contributed by atoms with van der Waals surface area (Å²) in [4.78, 5) is 5.29. The van der Waals surface area contributed by atoms with Crippen molar-refractivity contribution in [1.29, 1.82) is 0 Å². The van der Waals surface area contributed by atoms with Crippen LogP contribution in [0.1, 0.15) is 5.56 Å². The van der Waals surface area contributed by atoms with E-state index in [1.807, 2.05) is 24.3 Å². The molecule has 6 heteroatoms. The number of sulfone groups is 1. The number of nitrogen functional groups attached to an aromatic ring is 1. The molecule has 0 aliphatic heterocycles. The highest BCUT2D eigenvalue weighted by atomic mass is 32.2. The molecule has 2 rings (SSSR count). The fraction of sp³-hybridized carbons (Fsp3) is 0.154. The van der Waals surface area contributed by atoms with Gasteiger partial charge in [0.25, 0.3) is 0 Å². The zero-order chi connectivity index (χ0) is 13.9. The average Bonchev–Trinajstić information content (AvgIpc) is 2.36. The second kappa shape index (κ2) is 5.63. The molecule has 19 heavy (non-hydrogen) atoms. The molecule has 0 fully saturated rings. The highest BCUT2D eigenvalue weighted by molar-refractivity contribution is 7.98. The quantitative estimate of drug-likeness (QED) is 0.876. The SMILES string of the molecule is CS(=O)(=O)c1ccc(SCc2ccnc(N)c2)cc1. The van der Waals surface area contributed by atoms with Gasteiger partial charge in [0.05, 0.1) is 4.90 Å². The first-order valence-corrected chi connectivity index (χ1v) is 8.46. The van der Waals surface area contributed by atoms with E-state index in [2.05, 4.69) is 4.98 Å². The van der Waals surface area contributed by atoms with E-state index >= 15 is 0 Å². The summed E-state index contributed by atoms with van der Waals surface area (Å²) in [5.74, 6) is 1.27.